The fourth-order valence-corrected chi connectivity index (χ4v) is 4.23. The van der Waals surface area contributed by atoms with E-state index in [0.717, 1.165) is 11.7 Å². The van der Waals surface area contributed by atoms with Gasteiger partial charge in [0, 0.05) is 12.1 Å². The van der Waals surface area contributed by atoms with E-state index in [0.29, 0.717) is 22.3 Å². The third-order valence-corrected chi connectivity index (χ3v) is 5.76. The van der Waals surface area contributed by atoms with Crippen LogP contribution in [0.2, 0.25) is 0 Å². The molecule has 0 aliphatic rings. The molecule has 1 amide bonds. The van der Waals surface area contributed by atoms with E-state index in [2.05, 4.69) is 14.1 Å². The van der Waals surface area contributed by atoms with Crippen molar-refractivity contribution >= 4 is 44.2 Å². The van der Waals surface area contributed by atoms with Crippen molar-refractivity contribution in [3.05, 3.63) is 48.0 Å². The van der Waals surface area contributed by atoms with Crippen LogP contribution in [0.5, 0.6) is 0 Å². The van der Waals surface area contributed by atoms with Gasteiger partial charge in [-0.25, -0.2) is 8.42 Å². The summed E-state index contributed by atoms with van der Waals surface area (Å²) in [4.78, 5) is 12.1. The molecule has 0 saturated heterocycles. The molecule has 9 heteroatoms. The number of nitrogens with one attached hydrogen (secondary N) is 1. The number of rotatable bonds is 5. The van der Waals surface area contributed by atoms with Gasteiger partial charge in [0.15, 0.2) is 9.84 Å². The monoisotopic (exact) mass is 372 g/mol. The zero-order chi connectivity index (χ0) is 17.9. The van der Waals surface area contributed by atoms with E-state index in [9.17, 15) is 13.2 Å². The Labute approximate surface area is 148 Å². The highest BCUT2D eigenvalue weighted by atomic mass is 32.2. The van der Waals surface area contributed by atoms with E-state index in [1.165, 1.54) is 6.07 Å². The Kier molecular flexibility index (Phi) is 4.74. The number of carbonyl (C=O) groups excluding carboxylic acids is 1. The first-order valence-electron chi connectivity index (χ1n) is 7.24. The zero-order valence-electron chi connectivity index (χ0n) is 12.8. The van der Waals surface area contributed by atoms with E-state index in [1.54, 1.807) is 36.4 Å². The summed E-state index contributed by atoms with van der Waals surface area (Å²) in [5.74, 6) is -0.747. The highest BCUT2D eigenvalue weighted by molar-refractivity contribution is 7.91. The third-order valence-electron chi connectivity index (χ3n) is 3.48. The zero-order valence-corrected chi connectivity index (χ0v) is 14.5. The Morgan fingerprint density at radius 1 is 1.16 bits per heavy atom. The number of aromatic nitrogens is 2. The molecule has 1 N–H and O–H groups in total. The highest BCUT2D eigenvalue weighted by Crippen LogP contribution is 2.22. The van der Waals surface area contributed by atoms with Crippen LogP contribution in [-0.4, -0.2) is 28.8 Å². The van der Waals surface area contributed by atoms with Gasteiger partial charge in [0.25, 0.3) is 0 Å². The number of fused-ring (bicyclic) bond motifs is 1. The normalized spacial score (nSPS) is 11.2. The van der Waals surface area contributed by atoms with Crippen molar-refractivity contribution in [3.63, 3.8) is 0 Å². The lowest BCUT2D eigenvalue weighted by Gasteiger charge is -2.07. The molecule has 1 heterocycles. The van der Waals surface area contributed by atoms with Gasteiger partial charge in [-0.15, -0.1) is 0 Å². The van der Waals surface area contributed by atoms with Crippen LogP contribution in [0.4, 0.5) is 5.69 Å². The molecular formula is C16H12N4O3S2. The second-order valence-electron chi connectivity index (χ2n) is 5.19. The predicted molar refractivity (Wildman–Crippen MR) is 93.9 cm³/mol. The highest BCUT2D eigenvalue weighted by Gasteiger charge is 2.21. The van der Waals surface area contributed by atoms with Crippen molar-refractivity contribution in [2.75, 3.05) is 11.1 Å². The maximum Gasteiger partial charge on any atom is 0.225 e. The van der Waals surface area contributed by atoms with E-state index >= 15 is 0 Å². The standard InChI is InChI=1S/C16H12N4O3S2/c17-10-11-4-6-12(7-5-11)18-15(21)8-9-25(22,23)14-3-1-2-13-16(14)20-24-19-13/h1-7H,8-9H2,(H,18,21). The smallest absolute Gasteiger partial charge is 0.225 e. The Bertz CT molecular complexity index is 1070. The number of nitrogens with zero attached hydrogens (tertiary/aromatic N) is 3. The molecular weight excluding hydrogens is 360 g/mol. The fraction of sp³-hybridized carbons (Fsp3) is 0.125. The summed E-state index contributed by atoms with van der Waals surface area (Å²) in [7, 11) is -3.65. The van der Waals surface area contributed by atoms with Crippen molar-refractivity contribution < 1.29 is 13.2 Å². The summed E-state index contributed by atoms with van der Waals surface area (Å²) in [5, 5.41) is 11.3. The molecule has 0 aliphatic carbocycles. The van der Waals surface area contributed by atoms with Gasteiger partial charge >= 0.3 is 0 Å². The van der Waals surface area contributed by atoms with Crippen LogP contribution in [0.1, 0.15) is 12.0 Å². The summed E-state index contributed by atoms with van der Waals surface area (Å²) in [5.41, 5.74) is 1.84. The van der Waals surface area contributed by atoms with Gasteiger partial charge < -0.3 is 5.32 Å². The Hall–Kier alpha value is -2.83. The number of anilines is 1. The molecule has 3 rings (SSSR count). The number of sulfone groups is 1. The molecule has 0 saturated carbocycles. The first kappa shape index (κ1) is 17.0. The molecule has 1 aromatic heterocycles. The van der Waals surface area contributed by atoms with Crippen LogP contribution >= 0.6 is 11.7 Å². The average Bonchev–Trinajstić information content (AvgIpc) is 3.09. The van der Waals surface area contributed by atoms with Crippen LogP contribution < -0.4 is 5.32 Å². The maximum absolute atomic E-state index is 12.5. The van der Waals surface area contributed by atoms with Gasteiger partial charge in [-0.1, -0.05) is 6.07 Å². The molecule has 0 spiro atoms. The van der Waals surface area contributed by atoms with Crippen molar-refractivity contribution in [1.29, 1.82) is 5.26 Å². The van der Waals surface area contributed by atoms with Crippen LogP contribution in [0.3, 0.4) is 0 Å². The van der Waals surface area contributed by atoms with Crippen LogP contribution in [0.15, 0.2) is 47.4 Å². The van der Waals surface area contributed by atoms with Gasteiger partial charge in [0.05, 0.1) is 34.0 Å². The molecule has 0 bridgehead atoms. The van der Waals surface area contributed by atoms with E-state index in [4.69, 9.17) is 5.26 Å². The topological polar surface area (TPSA) is 113 Å². The minimum atomic E-state index is -3.65. The van der Waals surface area contributed by atoms with Crippen molar-refractivity contribution in [1.82, 2.24) is 8.75 Å². The minimum absolute atomic E-state index is 0.0879. The molecule has 0 atom stereocenters. The molecule has 0 fully saturated rings. The largest absolute Gasteiger partial charge is 0.326 e. The second-order valence-corrected chi connectivity index (χ2v) is 7.80. The van der Waals surface area contributed by atoms with Gasteiger partial charge in [-0.3, -0.25) is 4.79 Å². The first-order chi connectivity index (χ1) is 12.0. The number of amides is 1. The Morgan fingerprint density at radius 2 is 1.92 bits per heavy atom. The first-order valence-corrected chi connectivity index (χ1v) is 9.62. The van der Waals surface area contributed by atoms with Crippen molar-refractivity contribution in [3.8, 4) is 6.07 Å². The second kappa shape index (κ2) is 6.96. The molecule has 126 valence electrons. The van der Waals surface area contributed by atoms with Gasteiger partial charge in [-0.05, 0) is 36.4 Å². The lowest BCUT2D eigenvalue weighted by molar-refractivity contribution is -0.115. The van der Waals surface area contributed by atoms with E-state index in [1.807, 2.05) is 6.07 Å². The van der Waals surface area contributed by atoms with Gasteiger partial charge in [0.1, 0.15) is 11.0 Å². The maximum atomic E-state index is 12.5. The summed E-state index contributed by atoms with van der Waals surface area (Å²) < 4.78 is 33.1. The summed E-state index contributed by atoms with van der Waals surface area (Å²) in [6, 6.07) is 13.1. The average molecular weight is 372 g/mol. The molecule has 3 aromatic rings. The summed E-state index contributed by atoms with van der Waals surface area (Å²) in [6.07, 6.45) is -0.184. The number of carbonyl (C=O) groups is 1. The van der Waals surface area contributed by atoms with E-state index < -0.39 is 15.7 Å². The predicted octanol–water partition coefficient (Wildman–Crippen LogP) is 2.37. The molecule has 25 heavy (non-hydrogen) atoms. The molecule has 0 aliphatic heterocycles. The number of hydrogen-bond acceptors (Lipinski definition) is 7. The van der Waals surface area contributed by atoms with E-state index in [-0.39, 0.29) is 17.1 Å². The SMILES string of the molecule is N#Cc1ccc(NC(=O)CCS(=O)(=O)c2cccc3nsnc23)cc1. The van der Waals surface area contributed by atoms with Crippen LogP contribution in [-0.2, 0) is 14.6 Å². The lowest BCUT2D eigenvalue weighted by Crippen LogP contribution is -2.17. The summed E-state index contributed by atoms with van der Waals surface area (Å²) in [6.45, 7) is 0. The van der Waals surface area contributed by atoms with Gasteiger partial charge in [-0.2, -0.15) is 14.0 Å². The number of hydrogen-bond donors (Lipinski definition) is 1. The van der Waals surface area contributed by atoms with Crippen LogP contribution in [0.25, 0.3) is 11.0 Å². The molecule has 0 radical (unpaired) electrons. The summed E-state index contributed by atoms with van der Waals surface area (Å²) >= 11 is 0.946. The minimum Gasteiger partial charge on any atom is -0.326 e. The third kappa shape index (κ3) is 3.81. The van der Waals surface area contributed by atoms with Crippen molar-refractivity contribution in [2.24, 2.45) is 0 Å². The van der Waals surface area contributed by atoms with Crippen LogP contribution in [0, 0.1) is 11.3 Å². The van der Waals surface area contributed by atoms with Crippen molar-refractivity contribution in [2.45, 2.75) is 11.3 Å². The molecule has 7 nitrogen and oxygen atoms in total. The van der Waals surface area contributed by atoms with Gasteiger partial charge in [0.2, 0.25) is 5.91 Å². The number of nitriles is 1. The molecule has 0 unspecified atom stereocenters. The Morgan fingerprint density at radius 3 is 2.64 bits per heavy atom. The molecule has 2 aromatic carbocycles. The quantitative estimate of drug-likeness (QED) is 0.735. The fourth-order valence-electron chi connectivity index (χ4n) is 2.22. The lowest BCUT2D eigenvalue weighted by atomic mass is 10.2. The Balaban J connectivity index is 1.68. The number of benzene rings is 2.